The van der Waals surface area contributed by atoms with E-state index in [-0.39, 0.29) is 31.2 Å². The second kappa shape index (κ2) is 7.03. The van der Waals surface area contributed by atoms with Crippen LogP contribution in [0.25, 0.3) is 0 Å². The molecular weight excluding hydrogens is 242 g/mol. The van der Waals surface area contributed by atoms with Gasteiger partial charge in [0.05, 0.1) is 19.1 Å². The summed E-state index contributed by atoms with van der Waals surface area (Å²) in [5.41, 5.74) is 5.44. The molecule has 1 rings (SSSR count). The van der Waals surface area contributed by atoms with Crippen molar-refractivity contribution in [3.05, 3.63) is 35.4 Å². The lowest BCUT2D eigenvalue weighted by molar-refractivity contribution is -0.121. The number of carbonyl (C=O) groups excluding carboxylic acids is 1. The summed E-state index contributed by atoms with van der Waals surface area (Å²) >= 11 is 0. The summed E-state index contributed by atoms with van der Waals surface area (Å²) < 4.78 is 31.1. The molecule has 1 aromatic carbocycles. The van der Waals surface area contributed by atoms with Crippen molar-refractivity contribution in [2.45, 2.75) is 12.5 Å². The van der Waals surface area contributed by atoms with Gasteiger partial charge in [0.1, 0.15) is 0 Å². The molecule has 0 saturated heterocycles. The zero-order chi connectivity index (χ0) is 13.5. The monoisotopic (exact) mass is 258 g/mol. The number of nitrogens with one attached hydrogen (secondary N) is 1. The van der Waals surface area contributed by atoms with Gasteiger partial charge in [-0.25, -0.2) is 8.78 Å². The zero-order valence-electron chi connectivity index (χ0n) is 10.1. The van der Waals surface area contributed by atoms with Crippen LogP contribution in [0, 0.1) is 11.6 Å². The van der Waals surface area contributed by atoms with Crippen LogP contribution in [0.15, 0.2) is 18.2 Å². The largest absolute Gasteiger partial charge is 0.383 e. The second-order valence-corrected chi connectivity index (χ2v) is 3.85. The molecule has 1 amide bonds. The van der Waals surface area contributed by atoms with Crippen molar-refractivity contribution in [3.8, 4) is 0 Å². The first kappa shape index (κ1) is 14.5. The number of carbonyl (C=O) groups is 1. The van der Waals surface area contributed by atoms with Crippen LogP contribution in [0.5, 0.6) is 0 Å². The summed E-state index contributed by atoms with van der Waals surface area (Å²) in [7, 11) is 1.49. The third kappa shape index (κ3) is 4.05. The number of nitrogens with two attached hydrogens (primary N) is 1. The molecule has 6 heteroatoms. The minimum Gasteiger partial charge on any atom is -0.383 e. The van der Waals surface area contributed by atoms with Crippen molar-refractivity contribution >= 4 is 5.91 Å². The zero-order valence-corrected chi connectivity index (χ0v) is 10.1. The smallest absolute Gasteiger partial charge is 0.224 e. The van der Waals surface area contributed by atoms with Gasteiger partial charge in [0.2, 0.25) is 5.91 Å². The highest BCUT2D eigenvalue weighted by atomic mass is 19.2. The molecule has 0 spiro atoms. The Bertz CT molecular complexity index is 413. The van der Waals surface area contributed by atoms with E-state index in [1.165, 1.54) is 19.2 Å². The Kier molecular flexibility index (Phi) is 5.67. The number of ether oxygens (including phenoxy) is 1. The van der Waals surface area contributed by atoms with Gasteiger partial charge >= 0.3 is 0 Å². The second-order valence-electron chi connectivity index (χ2n) is 3.85. The van der Waals surface area contributed by atoms with E-state index < -0.39 is 17.5 Å². The molecule has 0 saturated carbocycles. The Morgan fingerprint density at radius 2 is 2.22 bits per heavy atom. The quantitative estimate of drug-likeness (QED) is 0.785. The molecule has 4 nitrogen and oxygen atoms in total. The number of hydrogen-bond acceptors (Lipinski definition) is 3. The normalized spacial score (nSPS) is 12.2. The Hall–Kier alpha value is -1.53. The third-order valence-corrected chi connectivity index (χ3v) is 2.40. The molecule has 0 radical (unpaired) electrons. The standard InChI is InChI=1S/C12H16F2N2O2/c1-18-7-9(6-15)16-11(17)5-8-3-2-4-10(13)12(8)14/h2-4,9H,5-7,15H2,1H3,(H,16,17). The van der Waals surface area contributed by atoms with Crippen LogP contribution in [0.4, 0.5) is 8.78 Å². The van der Waals surface area contributed by atoms with Crippen LogP contribution in [-0.2, 0) is 16.0 Å². The van der Waals surface area contributed by atoms with Crippen LogP contribution >= 0.6 is 0 Å². The maximum Gasteiger partial charge on any atom is 0.224 e. The fourth-order valence-electron chi connectivity index (χ4n) is 1.51. The highest BCUT2D eigenvalue weighted by Gasteiger charge is 2.14. The molecular formula is C12H16F2N2O2. The highest BCUT2D eigenvalue weighted by Crippen LogP contribution is 2.11. The average Bonchev–Trinajstić information content (AvgIpc) is 2.34. The van der Waals surface area contributed by atoms with E-state index >= 15 is 0 Å². The first-order valence-corrected chi connectivity index (χ1v) is 5.49. The van der Waals surface area contributed by atoms with Gasteiger partial charge in [0.25, 0.3) is 0 Å². The minimum atomic E-state index is -0.997. The third-order valence-electron chi connectivity index (χ3n) is 2.40. The highest BCUT2D eigenvalue weighted by molar-refractivity contribution is 5.78. The molecule has 1 unspecified atom stereocenters. The average molecular weight is 258 g/mol. The first-order valence-electron chi connectivity index (χ1n) is 5.49. The summed E-state index contributed by atoms with van der Waals surface area (Å²) in [6.07, 6.45) is -0.232. The molecule has 3 N–H and O–H groups in total. The Labute approximate surface area is 104 Å². The molecule has 0 fully saturated rings. The maximum absolute atomic E-state index is 13.3. The van der Waals surface area contributed by atoms with E-state index in [0.717, 1.165) is 6.07 Å². The summed E-state index contributed by atoms with van der Waals surface area (Å²) in [6, 6.07) is 3.39. The molecule has 100 valence electrons. The Balaban J connectivity index is 2.61. The van der Waals surface area contributed by atoms with Gasteiger partial charge in [-0.3, -0.25) is 4.79 Å². The van der Waals surface area contributed by atoms with Crippen molar-refractivity contribution in [1.82, 2.24) is 5.32 Å². The summed E-state index contributed by atoms with van der Waals surface area (Å²) in [5.74, 6) is -2.39. The first-order chi connectivity index (χ1) is 8.58. The molecule has 0 aliphatic rings. The van der Waals surface area contributed by atoms with Crippen LogP contribution < -0.4 is 11.1 Å². The molecule has 1 aromatic rings. The van der Waals surface area contributed by atoms with Gasteiger partial charge in [0.15, 0.2) is 11.6 Å². The fourth-order valence-corrected chi connectivity index (χ4v) is 1.51. The van der Waals surface area contributed by atoms with E-state index in [2.05, 4.69) is 5.32 Å². The van der Waals surface area contributed by atoms with Crippen molar-refractivity contribution in [3.63, 3.8) is 0 Å². The van der Waals surface area contributed by atoms with Crippen molar-refractivity contribution < 1.29 is 18.3 Å². The number of hydrogen-bond donors (Lipinski definition) is 2. The van der Waals surface area contributed by atoms with E-state index in [0.29, 0.717) is 0 Å². The Morgan fingerprint density at radius 3 is 2.83 bits per heavy atom. The van der Waals surface area contributed by atoms with Crippen LogP contribution in [0.3, 0.4) is 0 Å². The van der Waals surface area contributed by atoms with Gasteiger partial charge in [-0.2, -0.15) is 0 Å². The lowest BCUT2D eigenvalue weighted by Crippen LogP contribution is -2.43. The van der Waals surface area contributed by atoms with E-state index in [1.807, 2.05) is 0 Å². The minimum absolute atomic E-state index is 0.0145. The van der Waals surface area contributed by atoms with Crippen LogP contribution in [0.2, 0.25) is 0 Å². The SMILES string of the molecule is COCC(CN)NC(=O)Cc1cccc(F)c1F. The molecule has 0 bridgehead atoms. The predicted molar refractivity (Wildman–Crippen MR) is 62.9 cm³/mol. The number of amides is 1. The molecule has 0 aromatic heterocycles. The number of halogens is 2. The van der Waals surface area contributed by atoms with Gasteiger partial charge in [-0.15, -0.1) is 0 Å². The van der Waals surface area contributed by atoms with Crippen LogP contribution in [0.1, 0.15) is 5.56 Å². The topological polar surface area (TPSA) is 64.3 Å². The summed E-state index contributed by atoms with van der Waals surface area (Å²) in [5, 5.41) is 2.58. The maximum atomic E-state index is 13.3. The lowest BCUT2D eigenvalue weighted by Gasteiger charge is -2.15. The number of rotatable bonds is 6. The van der Waals surface area contributed by atoms with Crippen LogP contribution in [-0.4, -0.2) is 32.2 Å². The summed E-state index contributed by atoms with van der Waals surface area (Å²) in [6.45, 7) is 0.485. The van der Waals surface area contributed by atoms with Gasteiger partial charge in [-0.1, -0.05) is 12.1 Å². The van der Waals surface area contributed by atoms with E-state index in [1.54, 1.807) is 0 Å². The number of methoxy groups -OCH3 is 1. The van der Waals surface area contributed by atoms with Crippen molar-refractivity contribution in [2.24, 2.45) is 5.73 Å². The van der Waals surface area contributed by atoms with Gasteiger partial charge in [-0.05, 0) is 6.07 Å². The Morgan fingerprint density at radius 1 is 1.50 bits per heavy atom. The van der Waals surface area contributed by atoms with E-state index in [4.69, 9.17) is 10.5 Å². The molecule has 0 aliphatic carbocycles. The van der Waals surface area contributed by atoms with Gasteiger partial charge in [0, 0.05) is 19.2 Å². The summed E-state index contributed by atoms with van der Waals surface area (Å²) in [4.78, 5) is 11.6. The van der Waals surface area contributed by atoms with Gasteiger partial charge < -0.3 is 15.8 Å². The molecule has 0 heterocycles. The van der Waals surface area contributed by atoms with Crippen molar-refractivity contribution in [2.75, 3.05) is 20.3 Å². The molecule has 0 aliphatic heterocycles. The fraction of sp³-hybridized carbons (Fsp3) is 0.417. The predicted octanol–water partition coefficient (Wildman–Crippen LogP) is 0.597. The molecule has 1 atom stereocenters. The van der Waals surface area contributed by atoms with Crippen molar-refractivity contribution in [1.29, 1.82) is 0 Å². The van der Waals surface area contributed by atoms with E-state index in [9.17, 15) is 13.6 Å². The lowest BCUT2D eigenvalue weighted by atomic mass is 10.1. The number of benzene rings is 1. The molecule has 18 heavy (non-hydrogen) atoms.